The number of benzene rings is 2. The second kappa shape index (κ2) is 7.04. The maximum Gasteiger partial charge on any atom is 0.362 e. The number of esters is 1. The van der Waals surface area contributed by atoms with E-state index in [2.05, 4.69) is 22.4 Å². The minimum Gasteiger partial charge on any atom is -0.461 e. The van der Waals surface area contributed by atoms with E-state index in [-0.39, 0.29) is 18.3 Å². The van der Waals surface area contributed by atoms with Crippen LogP contribution in [0.4, 0.5) is 5.88 Å². The molecule has 0 unspecified atom stereocenters. The summed E-state index contributed by atoms with van der Waals surface area (Å²) in [6, 6.07) is 18.0. The number of aromatic nitrogens is 1. The minimum absolute atomic E-state index is 0.0935. The number of nitrogens with zero attached hydrogens (tertiary/aromatic N) is 1. The highest BCUT2D eigenvalue weighted by atomic mass is 16.5. The Bertz CT molecular complexity index is 918. The molecule has 0 bridgehead atoms. The fourth-order valence-electron chi connectivity index (χ4n) is 3.33. The molecule has 0 spiro atoms. The monoisotopic (exact) mass is 348 g/mol. The van der Waals surface area contributed by atoms with E-state index in [0.717, 1.165) is 18.4 Å². The Balaban J connectivity index is 1.68. The van der Waals surface area contributed by atoms with Gasteiger partial charge in [-0.3, -0.25) is 0 Å². The Labute approximate surface area is 152 Å². The Morgan fingerprint density at radius 1 is 1.19 bits per heavy atom. The van der Waals surface area contributed by atoms with Crippen LogP contribution in [-0.4, -0.2) is 17.6 Å². The molecule has 0 saturated heterocycles. The van der Waals surface area contributed by atoms with Gasteiger partial charge in [0.15, 0.2) is 0 Å². The lowest BCUT2D eigenvalue weighted by molar-refractivity contribution is 0.0521. The van der Waals surface area contributed by atoms with Crippen molar-refractivity contribution in [3.63, 3.8) is 0 Å². The summed E-state index contributed by atoms with van der Waals surface area (Å²) in [6.07, 6.45) is 1.95. The molecule has 0 saturated carbocycles. The number of anilines is 1. The molecule has 1 aliphatic carbocycles. The first kappa shape index (κ1) is 16.4. The smallest absolute Gasteiger partial charge is 0.362 e. The second-order valence-electron chi connectivity index (χ2n) is 6.22. The Morgan fingerprint density at radius 3 is 2.77 bits per heavy atom. The number of carbonyl (C=O) groups is 1. The van der Waals surface area contributed by atoms with Crippen molar-refractivity contribution in [2.75, 3.05) is 11.9 Å². The van der Waals surface area contributed by atoms with E-state index >= 15 is 0 Å². The molecular weight excluding hydrogens is 328 g/mol. The number of rotatable bonds is 5. The molecule has 1 aromatic heterocycles. The molecule has 4 rings (SSSR count). The van der Waals surface area contributed by atoms with Crippen LogP contribution in [0.2, 0.25) is 0 Å². The normalized spacial score (nSPS) is 15.5. The number of carbonyl (C=O) groups excluding carboxylic acids is 1. The summed E-state index contributed by atoms with van der Waals surface area (Å²) >= 11 is 0. The number of hydrogen-bond donors (Lipinski definition) is 1. The third-order valence-electron chi connectivity index (χ3n) is 4.55. The summed E-state index contributed by atoms with van der Waals surface area (Å²) in [5, 5.41) is 3.37. The average Bonchev–Trinajstić information content (AvgIpc) is 3.28. The molecule has 26 heavy (non-hydrogen) atoms. The molecule has 1 heterocycles. The second-order valence-corrected chi connectivity index (χ2v) is 6.22. The molecule has 1 aliphatic rings. The molecule has 2 aromatic carbocycles. The first-order valence-electron chi connectivity index (χ1n) is 8.84. The van der Waals surface area contributed by atoms with Gasteiger partial charge in [0.2, 0.25) is 17.5 Å². The number of hydrogen-bond acceptors (Lipinski definition) is 5. The van der Waals surface area contributed by atoms with E-state index < -0.39 is 5.97 Å². The standard InChI is InChI=1S/C21H20N2O3/c1-2-25-21(24)18-20(26-19(23-18)15-9-4-3-5-10-15)22-17-13-12-14-8-6-7-11-16(14)17/h3-11,17,22H,2,12-13H2,1H3/t17-/m1/s1. The Morgan fingerprint density at radius 2 is 1.96 bits per heavy atom. The Hall–Kier alpha value is -3.08. The molecule has 0 aliphatic heterocycles. The van der Waals surface area contributed by atoms with Crippen molar-refractivity contribution in [3.8, 4) is 11.5 Å². The van der Waals surface area contributed by atoms with Crippen LogP contribution in [-0.2, 0) is 11.2 Å². The van der Waals surface area contributed by atoms with Crippen molar-refractivity contribution in [2.24, 2.45) is 0 Å². The minimum atomic E-state index is -0.479. The van der Waals surface area contributed by atoms with Gasteiger partial charge in [-0.1, -0.05) is 42.5 Å². The summed E-state index contributed by atoms with van der Waals surface area (Å²) in [4.78, 5) is 16.7. The molecule has 5 heteroatoms. The largest absolute Gasteiger partial charge is 0.461 e. The average molecular weight is 348 g/mol. The lowest BCUT2D eigenvalue weighted by Gasteiger charge is -2.13. The van der Waals surface area contributed by atoms with Crippen LogP contribution >= 0.6 is 0 Å². The lowest BCUT2D eigenvalue weighted by atomic mass is 10.1. The van der Waals surface area contributed by atoms with Gasteiger partial charge in [-0.25, -0.2) is 4.79 Å². The van der Waals surface area contributed by atoms with E-state index in [9.17, 15) is 4.79 Å². The van der Waals surface area contributed by atoms with E-state index in [1.165, 1.54) is 11.1 Å². The van der Waals surface area contributed by atoms with Crippen molar-refractivity contribution in [2.45, 2.75) is 25.8 Å². The van der Waals surface area contributed by atoms with Crippen LogP contribution in [0.25, 0.3) is 11.5 Å². The van der Waals surface area contributed by atoms with Crippen LogP contribution in [0.5, 0.6) is 0 Å². The van der Waals surface area contributed by atoms with Gasteiger partial charge in [-0.2, -0.15) is 4.98 Å². The molecule has 0 fully saturated rings. The Kier molecular flexibility index (Phi) is 4.44. The third-order valence-corrected chi connectivity index (χ3v) is 4.55. The summed E-state index contributed by atoms with van der Waals surface area (Å²) in [7, 11) is 0. The zero-order chi connectivity index (χ0) is 17.9. The van der Waals surface area contributed by atoms with Gasteiger partial charge in [0, 0.05) is 5.56 Å². The fraction of sp³-hybridized carbons (Fsp3) is 0.238. The highest BCUT2D eigenvalue weighted by molar-refractivity contribution is 5.93. The molecular formula is C21H20N2O3. The molecule has 132 valence electrons. The van der Waals surface area contributed by atoms with E-state index in [4.69, 9.17) is 9.15 Å². The highest BCUT2D eigenvalue weighted by Gasteiger charge is 2.28. The van der Waals surface area contributed by atoms with Gasteiger partial charge in [-0.05, 0) is 43.0 Å². The van der Waals surface area contributed by atoms with E-state index in [1.807, 2.05) is 42.5 Å². The molecule has 5 nitrogen and oxygen atoms in total. The fourth-order valence-corrected chi connectivity index (χ4v) is 3.33. The molecule has 0 amide bonds. The maximum atomic E-state index is 12.3. The summed E-state index contributed by atoms with van der Waals surface area (Å²) < 4.78 is 11.1. The van der Waals surface area contributed by atoms with Crippen molar-refractivity contribution in [3.05, 3.63) is 71.4 Å². The van der Waals surface area contributed by atoms with Gasteiger partial charge in [-0.15, -0.1) is 0 Å². The van der Waals surface area contributed by atoms with Crippen LogP contribution in [0.15, 0.2) is 59.0 Å². The number of ether oxygens (including phenoxy) is 1. The van der Waals surface area contributed by atoms with Gasteiger partial charge < -0.3 is 14.5 Å². The summed E-state index contributed by atoms with van der Waals surface area (Å²) in [5.41, 5.74) is 3.57. The highest BCUT2D eigenvalue weighted by Crippen LogP contribution is 2.36. The van der Waals surface area contributed by atoms with Crippen LogP contribution in [0, 0.1) is 0 Å². The number of fused-ring (bicyclic) bond motifs is 1. The number of nitrogens with one attached hydrogen (secondary N) is 1. The van der Waals surface area contributed by atoms with E-state index in [1.54, 1.807) is 6.92 Å². The first-order valence-corrected chi connectivity index (χ1v) is 8.84. The zero-order valence-corrected chi connectivity index (χ0v) is 14.6. The van der Waals surface area contributed by atoms with Gasteiger partial charge in [0.05, 0.1) is 12.6 Å². The molecule has 1 N–H and O–H groups in total. The predicted molar refractivity (Wildman–Crippen MR) is 99.0 cm³/mol. The van der Waals surface area contributed by atoms with Crippen molar-refractivity contribution in [1.82, 2.24) is 4.98 Å². The summed E-state index contributed by atoms with van der Waals surface area (Å²) in [5.74, 6) is 0.290. The SMILES string of the molecule is CCOC(=O)c1nc(-c2ccccc2)oc1N[C@@H]1CCc2ccccc21. The predicted octanol–water partition coefficient (Wildman–Crippen LogP) is 4.62. The number of aryl methyl sites for hydroxylation is 1. The zero-order valence-electron chi connectivity index (χ0n) is 14.6. The molecule has 1 atom stereocenters. The van der Waals surface area contributed by atoms with Crippen LogP contribution in [0.3, 0.4) is 0 Å². The van der Waals surface area contributed by atoms with Crippen LogP contribution < -0.4 is 5.32 Å². The van der Waals surface area contributed by atoms with Gasteiger partial charge in [0.25, 0.3) is 0 Å². The van der Waals surface area contributed by atoms with Crippen molar-refractivity contribution < 1.29 is 13.9 Å². The quantitative estimate of drug-likeness (QED) is 0.682. The van der Waals surface area contributed by atoms with Crippen molar-refractivity contribution >= 4 is 11.9 Å². The van der Waals surface area contributed by atoms with Crippen molar-refractivity contribution in [1.29, 1.82) is 0 Å². The van der Waals surface area contributed by atoms with Gasteiger partial charge in [0.1, 0.15) is 0 Å². The van der Waals surface area contributed by atoms with Gasteiger partial charge >= 0.3 is 5.97 Å². The summed E-state index contributed by atoms with van der Waals surface area (Å²) in [6.45, 7) is 2.06. The number of oxazole rings is 1. The first-order chi connectivity index (χ1) is 12.8. The topological polar surface area (TPSA) is 64.4 Å². The molecule has 0 radical (unpaired) electrons. The lowest BCUT2D eigenvalue weighted by Crippen LogP contribution is -2.12. The van der Waals surface area contributed by atoms with Crippen LogP contribution in [0.1, 0.15) is 41.0 Å². The third kappa shape index (κ3) is 3.08. The van der Waals surface area contributed by atoms with E-state index in [0.29, 0.717) is 11.8 Å². The maximum absolute atomic E-state index is 12.3. The molecule has 3 aromatic rings.